The minimum absolute atomic E-state index is 0.382. The summed E-state index contributed by atoms with van der Waals surface area (Å²) in [5.74, 6) is 0.494. The lowest BCUT2D eigenvalue weighted by Crippen LogP contribution is -2.34. The van der Waals surface area contributed by atoms with Gasteiger partial charge in [-0.3, -0.25) is 0 Å². The molecule has 0 rings (SSSR count). The van der Waals surface area contributed by atoms with E-state index in [0.29, 0.717) is 171 Å². The Balaban J connectivity index is 3.09. The zero-order chi connectivity index (χ0) is 34.4. The lowest BCUT2D eigenvalue weighted by Gasteiger charge is -2.19. The predicted molar refractivity (Wildman–Crippen MR) is 175 cm³/mol. The second-order valence-corrected chi connectivity index (χ2v) is 10.8. The van der Waals surface area contributed by atoms with Gasteiger partial charge in [-0.1, -0.05) is 0 Å². The van der Waals surface area contributed by atoms with Crippen molar-refractivity contribution in [2.45, 2.75) is 26.4 Å². The number of alkyl carbamates (subject to hydrolysis) is 1. The van der Waals surface area contributed by atoms with Gasteiger partial charge in [0.15, 0.2) is 0 Å². The topological polar surface area (TPSA) is 149 Å². The van der Waals surface area contributed by atoms with Gasteiger partial charge >= 0.3 is 6.09 Å². The number of nitrogens with one attached hydrogen (secondary N) is 1. The molecule has 0 saturated heterocycles. The molecule has 0 aliphatic heterocycles. The number of carbonyl (C=O) groups excluding carboxylic acids is 1. The summed E-state index contributed by atoms with van der Waals surface area (Å²) in [6.45, 7) is 17.7. The lowest BCUT2D eigenvalue weighted by atomic mass is 10.2. The Kier molecular flexibility index (Phi) is 37.1. The lowest BCUT2D eigenvalue weighted by molar-refractivity contribution is -0.0282. The molecule has 15 nitrogen and oxygen atoms in total. The molecule has 0 saturated carbocycles. The Bertz CT molecular complexity index is 634. The van der Waals surface area contributed by atoms with Crippen LogP contribution in [0.4, 0.5) is 4.79 Å². The summed E-state index contributed by atoms with van der Waals surface area (Å²) in [6, 6.07) is 0. The van der Waals surface area contributed by atoms with Gasteiger partial charge < -0.3 is 66.9 Å². The molecule has 0 aliphatic carbocycles. The van der Waals surface area contributed by atoms with Gasteiger partial charge in [0.05, 0.1) is 159 Å². The number of ether oxygens (including phenoxy) is 13. The van der Waals surface area contributed by atoms with Crippen molar-refractivity contribution in [3.63, 3.8) is 0 Å². The molecule has 0 fully saturated rings. The predicted octanol–water partition coefficient (Wildman–Crippen LogP) is 1.95. The van der Waals surface area contributed by atoms with Gasteiger partial charge in [0.2, 0.25) is 0 Å². The Morgan fingerprint density at radius 1 is 0.404 bits per heavy atom. The average molecular weight is 708 g/mol. The van der Waals surface area contributed by atoms with E-state index < -0.39 is 11.7 Å². The molecule has 0 aromatic heterocycles. The first-order chi connectivity index (χ1) is 23.0. The molecule has 1 amide bonds. The second-order valence-electron chi connectivity index (χ2n) is 10.5. The van der Waals surface area contributed by atoms with Crippen molar-refractivity contribution in [2.24, 2.45) is 0 Å². The Morgan fingerprint density at radius 3 is 0.830 bits per heavy atom. The smallest absolute Gasteiger partial charge is 0.407 e. The van der Waals surface area contributed by atoms with E-state index >= 15 is 0 Å². The number of carbonyl (C=O) groups is 1. The quantitative estimate of drug-likeness (QED) is 0.0736. The summed E-state index contributed by atoms with van der Waals surface area (Å²) in [4.78, 5) is 11.5. The van der Waals surface area contributed by atoms with Gasteiger partial charge in [-0.2, -0.15) is 0 Å². The SMILES string of the molecule is CC(C)(C)OC(=O)NCCOCCOCCOCCOCCOCCOCCOCCOCCOCCOCCOCCOCCCl. The van der Waals surface area contributed by atoms with Crippen LogP contribution < -0.4 is 5.32 Å². The zero-order valence-corrected chi connectivity index (χ0v) is 29.7. The van der Waals surface area contributed by atoms with E-state index in [-0.39, 0.29) is 0 Å². The van der Waals surface area contributed by atoms with Gasteiger partial charge in [-0.05, 0) is 20.8 Å². The minimum Gasteiger partial charge on any atom is -0.444 e. The van der Waals surface area contributed by atoms with Crippen LogP contribution in [0, 0.1) is 0 Å². The summed E-state index contributed by atoms with van der Waals surface area (Å²) in [6.07, 6.45) is -0.453. The first kappa shape index (κ1) is 46.1. The fourth-order valence-electron chi connectivity index (χ4n) is 3.12. The number of amides is 1. The largest absolute Gasteiger partial charge is 0.444 e. The van der Waals surface area contributed by atoms with Gasteiger partial charge in [-0.25, -0.2) is 4.79 Å². The van der Waals surface area contributed by atoms with Crippen LogP contribution in [-0.2, 0) is 61.6 Å². The van der Waals surface area contributed by atoms with Gasteiger partial charge in [-0.15, -0.1) is 11.6 Å². The normalized spacial score (nSPS) is 11.7. The van der Waals surface area contributed by atoms with E-state index in [1.165, 1.54) is 0 Å². The van der Waals surface area contributed by atoms with E-state index in [1.807, 2.05) is 20.8 Å². The highest BCUT2D eigenvalue weighted by Gasteiger charge is 2.15. The van der Waals surface area contributed by atoms with Crippen LogP contribution in [0.3, 0.4) is 0 Å². The summed E-state index contributed by atoms with van der Waals surface area (Å²) < 4.78 is 70.2. The molecular weight excluding hydrogens is 646 g/mol. The van der Waals surface area contributed by atoms with Crippen LogP contribution in [0.15, 0.2) is 0 Å². The maximum Gasteiger partial charge on any atom is 0.407 e. The molecule has 0 aromatic carbocycles. The number of rotatable bonds is 38. The molecular formula is C31H62ClNO14. The standard InChI is InChI=1S/C31H62ClNO14/c1-31(2,3)47-30(34)33-5-7-36-9-11-38-13-15-40-17-19-42-21-23-44-25-27-46-29-28-45-26-24-43-22-20-41-18-16-39-14-12-37-10-8-35-6-4-32/h4-29H2,1-3H3,(H,33,34). The van der Waals surface area contributed by atoms with Crippen molar-refractivity contribution >= 4 is 17.7 Å². The molecule has 0 aromatic rings. The molecule has 47 heavy (non-hydrogen) atoms. The number of alkyl halides is 1. The average Bonchev–Trinajstić information content (AvgIpc) is 3.03. The van der Waals surface area contributed by atoms with Gasteiger partial charge in [0, 0.05) is 12.4 Å². The van der Waals surface area contributed by atoms with Crippen LogP contribution in [0.25, 0.3) is 0 Å². The zero-order valence-electron chi connectivity index (χ0n) is 29.0. The van der Waals surface area contributed by atoms with Crippen LogP contribution >= 0.6 is 11.6 Å². The van der Waals surface area contributed by atoms with Gasteiger partial charge in [0.1, 0.15) is 5.60 Å². The number of hydrogen-bond acceptors (Lipinski definition) is 14. The monoisotopic (exact) mass is 707 g/mol. The van der Waals surface area contributed by atoms with E-state index in [9.17, 15) is 4.79 Å². The molecule has 1 N–H and O–H groups in total. The van der Waals surface area contributed by atoms with Crippen molar-refractivity contribution in [2.75, 3.05) is 171 Å². The molecule has 0 atom stereocenters. The Morgan fingerprint density at radius 2 is 0.617 bits per heavy atom. The molecule has 0 spiro atoms. The van der Waals surface area contributed by atoms with Crippen LogP contribution in [0.5, 0.6) is 0 Å². The van der Waals surface area contributed by atoms with Crippen molar-refractivity contribution in [1.29, 1.82) is 0 Å². The molecule has 0 aliphatic rings. The molecule has 0 radical (unpaired) electrons. The van der Waals surface area contributed by atoms with Crippen molar-refractivity contribution in [3.05, 3.63) is 0 Å². The molecule has 282 valence electrons. The van der Waals surface area contributed by atoms with E-state index in [0.717, 1.165) is 0 Å². The third kappa shape index (κ3) is 43.1. The van der Waals surface area contributed by atoms with E-state index in [2.05, 4.69) is 5.32 Å². The minimum atomic E-state index is -0.512. The highest BCUT2D eigenvalue weighted by atomic mass is 35.5. The fraction of sp³-hybridized carbons (Fsp3) is 0.968. The van der Waals surface area contributed by atoms with Crippen LogP contribution in [0.1, 0.15) is 20.8 Å². The molecule has 0 unspecified atom stereocenters. The van der Waals surface area contributed by atoms with E-state index in [4.69, 9.17) is 73.2 Å². The molecule has 16 heteroatoms. The Labute approximate surface area is 286 Å². The molecule has 0 heterocycles. The first-order valence-corrected chi connectivity index (χ1v) is 16.9. The van der Waals surface area contributed by atoms with Crippen LogP contribution in [-0.4, -0.2) is 183 Å². The van der Waals surface area contributed by atoms with Gasteiger partial charge in [0.25, 0.3) is 0 Å². The third-order valence-corrected chi connectivity index (χ3v) is 5.38. The second kappa shape index (κ2) is 37.9. The van der Waals surface area contributed by atoms with Crippen molar-refractivity contribution < 1.29 is 66.4 Å². The van der Waals surface area contributed by atoms with Crippen molar-refractivity contribution in [3.8, 4) is 0 Å². The number of hydrogen-bond donors (Lipinski definition) is 1. The Hall–Kier alpha value is -0.920. The number of halogens is 1. The highest BCUT2D eigenvalue weighted by Crippen LogP contribution is 2.06. The summed E-state index contributed by atoms with van der Waals surface area (Å²) in [5.41, 5.74) is -0.512. The maximum absolute atomic E-state index is 11.5. The first-order valence-electron chi connectivity index (χ1n) is 16.4. The maximum atomic E-state index is 11.5. The third-order valence-electron chi connectivity index (χ3n) is 5.23. The summed E-state index contributed by atoms with van der Waals surface area (Å²) in [7, 11) is 0. The summed E-state index contributed by atoms with van der Waals surface area (Å²) in [5, 5.41) is 2.63. The van der Waals surface area contributed by atoms with Crippen LogP contribution in [0.2, 0.25) is 0 Å². The highest BCUT2D eigenvalue weighted by molar-refractivity contribution is 6.17. The fourth-order valence-corrected chi connectivity index (χ4v) is 3.22. The van der Waals surface area contributed by atoms with E-state index in [1.54, 1.807) is 0 Å². The van der Waals surface area contributed by atoms with Crippen molar-refractivity contribution in [1.82, 2.24) is 5.32 Å². The summed E-state index contributed by atoms with van der Waals surface area (Å²) >= 11 is 5.51. The molecule has 0 bridgehead atoms.